The van der Waals surface area contributed by atoms with E-state index in [9.17, 15) is 18.0 Å². The van der Waals surface area contributed by atoms with E-state index in [1.54, 1.807) is 11.0 Å². The summed E-state index contributed by atoms with van der Waals surface area (Å²) >= 11 is 0. The summed E-state index contributed by atoms with van der Waals surface area (Å²) in [5, 5.41) is 0. The molecule has 0 bridgehead atoms. The molecule has 1 aromatic rings. The van der Waals surface area contributed by atoms with Crippen LogP contribution < -0.4 is 9.47 Å². The second-order valence-electron chi connectivity index (χ2n) is 8.66. The smallest absolute Gasteiger partial charge is 0.325 e. The van der Waals surface area contributed by atoms with E-state index in [2.05, 4.69) is 0 Å². The van der Waals surface area contributed by atoms with Crippen LogP contribution in [0.3, 0.4) is 0 Å². The Kier molecular flexibility index (Phi) is 6.83. The third-order valence-corrected chi connectivity index (χ3v) is 7.87. The molecule has 11 heteroatoms. The zero-order valence-corrected chi connectivity index (χ0v) is 19.9. The fourth-order valence-electron chi connectivity index (χ4n) is 4.50. The van der Waals surface area contributed by atoms with Gasteiger partial charge in [-0.2, -0.15) is 4.31 Å². The van der Waals surface area contributed by atoms with Crippen LogP contribution in [0.5, 0.6) is 11.5 Å². The molecule has 3 aliphatic rings. The third kappa shape index (κ3) is 4.95. The van der Waals surface area contributed by atoms with Crippen LogP contribution >= 0.6 is 0 Å². The Morgan fingerprint density at radius 2 is 1.76 bits per heavy atom. The number of hydrogen-bond acceptors (Lipinski definition) is 8. The third-order valence-electron chi connectivity index (χ3n) is 5.97. The average Bonchev–Trinajstić information content (AvgIpc) is 3.28. The minimum Gasteiger partial charge on any atom is -0.486 e. The molecular weight excluding hydrogens is 452 g/mol. The van der Waals surface area contributed by atoms with Crippen molar-refractivity contribution >= 4 is 21.9 Å². The second kappa shape index (κ2) is 9.47. The van der Waals surface area contributed by atoms with E-state index in [4.69, 9.17) is 18.9 Å². The molecule has 0 N–H and O–H groups in total. The summed E-state index contributed by atoms with van der Waals surface area (Å²) in [6.45, 7) is 7.03. The van der Waals surface area contributed by atoms with Crippen LogP contribution in [0.15, 0.2) is 23.1 Å². The van der Waals surface area contributed by atoms with Gasteiger partial charge < -0.3 is 23.8 Å². The van der Waals surface area contributed by atoms with E-state index in [0.29, 0.717) is 50.6 Å². The summed E-state index contributed by atoms with van der Waals surface area (Å²) in [5.74, 6) is -0.195. The lowest BCUT2D eigenvalue weighted by Gasteiger charge is -2.36. The standard InChI is InChI=1S/C22H30N2O8S/c1-14-12-23(13-15(2)31-14)21(25)16(3)32-22(26)18-5-4-8-24(18)33(27,28)17-6-7-19-20(11-17)30-10-9-29-19/h6-7,11,14-16,18H,4-5,8-10,12-13H2,1-3H3/t14-,15+,16-,18-/m0/s1. The van der Waals surface area contributed by atoms with E-state index in [0.717, 1.165) is 4.31 Å². The summed E-state index contributed by atoms with van der Waals surface area (Å²) in [7, 11) is -3.97. The highest BCUT2D eigenvalue weighted by atomic mass is 32.2. The predicted octanol–water partition coefficient (Wildman–Crippen LogP) is 1.18. The maximum atomic E-state index is 13.3. The Balaban J connectivity index is 1.45. The second-order valence-corrected chi connectivity index (χ2v) is 10.5. The number of hydrogen-bond donors (Lipinski definition) is 0. The Hall–Kier alpha value is -2.37. The van der Waals surface area contributed by atoms with E-state index >= 15 is 0 Å². The SMILES string of the molecule is C[C@@H]1CN(C(=O)[C@H](C)OC(=O)[C@@H]2CCCN2S(=O)(=O)c2ccc3c(c2)OCCO3)C[C@H](C)O1. The van der Waals surface area contributed by atoms with Gasteiger partial charge in [-0.1, -0.05) is 0 Å². The minimum atomic E-state index is -3.97. The molecule has 182 valence electrons. The first kappa shape index (κ1) is 23.8. The number of nitrogens with zero attached hydrogens (tertiary/aromatic N) is 2. The molecule has 33 heavy (non-hydrogen) atoms. The number of amides is 1. The van der Waals surface area contributed by atoms with E-state index in [-0.39, 0.29) is 29.6 Å². The lowest BCUT2D eigenvalue weighted by atomic mass is 10.2. The van der Waals surface area contributed by atoms with Gasteiger partial charge in [0.05, 0.1) is 17.1 Å². The van der Waals surface area contributed by atoms with Gasteiger partial charge in [-0.3, -0.25) is 9.59 Å². The molecule has 2 fully saturated rings. The Bertz CT molecular complexity index is 1000. The molecule has 3 aliphatic heterocycles. The number of carbonyl (C=O) groups excluding carboxylic acids is 2. The Morgan fingerprint density at radius 3 is 2.45 bits per heavy atom. The molecule has 0 aliphatic carbocycles. The summed E-state index contributed by atoms with van der Waals surface area (Å²) in [5.41, 5.74) is 0. The number of benzene rings is 1. The first-order valence-corrected chi connectivity index (χ1v) is 12.7. The van der Waals surface area contributed by atoms with Gasteiger partial charge in [0, 0.05) is 25.7 Å². The molecule has 0 aromatic heterocycles. The maximum Gasteiger partial charge on any atom is 0.325 e. The largest absolute Gasteiger partial charge is 0.486 e. The predicted molar refractivity (Wildman–Crippen MR) is 116 cm³/mol. The summed E-state index contributed by atoms with van der Waals surface area (Å²) in [6, 6.07) is 3.42. The topological polar surface area (TPSA) is 112 Å². The molecule has 4 atom stereocenters. The van der Waals surface area contributed by atoms with Crippen molar-refractivity contribution in [2.24, 2.45) is 0 Å². The van der Waals surface area contributed by atoms with Gasteiger partial charge in [0.1, 0.15) is 19.3 Å². The highest BCUT2D eigenvalue weighted by Crippen LogP contribution is 2.35. The normalized spacial score (nSPS) is 26.6. The van der Waals surface area contributed by atoms with Crippen molar-refractivity contribution < 1.29 is 37.0 Å². The molecule has 10 nitrogen and oxygen atoms in total. The number of fused-ring (bicyclic) bond motifs is 1. The molecular formula is C22H30N2O8S. The lowest BCUT2D eigenvalue weighted by molar-refractivity contribution is -0.166. The van der Waals surface area contributed by atoms with Crippen LogP contribution in [-0.2, 0) is 29.1 Å². The number of esters is 1. The highest BCUT2D eigenvalue weighted by Gasteiger charge is 2.42. The van der Waals surface area contributed by atoms with Gasteiger partial charge in [-0.05, 0) is 45.7 Å². The number of sulfonamides is 1. The van der Waals surface area contributed by atoms with Crippen LogP contribution in [0.25, 0.3) is 0 Å². The number of rotatable bonds is 5. The lowest BCUT2D eigenvalue weighted by Crippen LogP contribution is -2.52. The first-order valence-electron chi connectivity index (χ1n) is 11.2. The molecule has 0 saturated carbocycles. The summed E-state index contributed by atoms with van der Waals surface area (Å²) in [4.78, 5) is 27.4. The quantitative estimate of drug-likeness (QED) is 0.575. The fourth-order valence-corrected chi connectivity index (χ4v) is 6.16. The van der Waals surface area contributed by atoms with Gasteiger partial charge in [-0.25, -0.2) is 8.42 Å². The number of ether oxygens (including phenoxy) is 4. The van der Waals surface area contributed by atoms with Crippen LogP contribution in [-0.4, -0.2) is 86.7 Å². The summed E-state index contributed by atoms with van der Waals surface area (Å²) < 4.78 is 49.8. The van der Waals surface area contributed by atoms with Gasteiger partial charge in [0.2, 0.25) is 10.0 Å². The van der Waals surface area contributed by atoms with Crippen LogP contribution in [0.2, 0.25) is 0 Å². The molecule has 4 rings (SSSR count). The van der Waals surface area contributed by atoms with Gasteiger partial charge in [0.15, 0.2) is 17.6 Å². The van der Waals surface area contributed by atoms with Crippen molar-refractivity contribution in [2.75, 3.05) is 32.8 Å². The molecule has 0 radical (unpaired) electrons. The van der Waals surface area contributed by atoms with Crippen LogP contribution in [0.1, 0.15) is 33.6 Å². The van der Waals surface area contributed by atoms with E-state index in [1.807, 2.05) is 13.8 Å². The minimum absolute atomic E-state index is 0.0202. The molecule has 3 heterocycles. The zero-order chi connectivity index (χ0) is 23.8. The van der Waals surface area contributed by atoms with Crippen LogP contribution in [0, 0.1) is 0 Å². The van der Waals surface area contributed by atoms with E-state index < -0.39 is 28.1 Å². The maximum absolute atomic E-state index is 13.3. The highest BCUT2D eigenvalue weighted by molar-refractivity contribution is 7.89. The molecule has 0 unspecified atom stereocenters. The van der Waals surface area contributed by atoms with Crippen LogP contribution in [0.4, 0.5) is 0 Å². The molecule has 0 spiro atoms. The Morgan fingerprint density at radius 1 is 1.09 bits per heavy atom. The van der Waals surface area contributed by atoms with Crippen molar-refractivity contribution in [3.8, 4) is 11.5 Å². The van der Waals surface area contributed by atoms with Gasteiger partial charge in [-0.15, -0.1) is 0 Å². The van der Waals surface area contributed by atoms with Crippen molar-refractivity contribution in [2.45, 2.75) is 62.9 Å². The van der Waals surface area contributed by atoms with Crippen molar-refractivity contribution in [1.29, 1.82) is 0 Å². The monoisotopic (exact) mass is 482 g/mol. The Labute approximate surface area is 193 Å². The number of morpholine rings is 1. The van der Waals surface area contributed by atoms with Crippen molar-refractivity contribution in [3.05, 3.63) is 18.2 Å². The molecule has 2 saturated heterocycles. The van der Waals surface area contributed by atoms with E-state index in [1.165, 1.54) is 19.1 Å². The van der Waals surface area contributed by atoms with Gasteiger partial charge in [0.25, 0.3) is 5.91 Å². The first-order chi connectivity index (χ1) is 15.7. The van der Waals surface area contributed by atoms with Crippen molar-refractivity contribution in [3.63, 3.8) is 0 Å². The van der Waals surface area contributed by atoms with Gasteiger partial charge >= 0.3 is 5.97 Å². The zero-order valence-electron chi connectivity index (χ0n) is 19.1. The molecule has 1 amide bonds. The van der Waals surface area contributed by atoms with Crippen molar-refractivity contribution in [1.82, 2.24) is 9.21 Å². The number of carbonyl (C=O) groups is 2. The average molecular weight is 483 g/mol. The molecule has 1 aromatic carbocycles. The summed E-state index contributed by atoms with van der Waals surface area (Å²) in [6.07, 6.45) is -0.391. The fraction of sp³-hybridized carbons (Fsp3) is 0.636.